The number of nitrogens with two attached hydrogens (primary N) is 1. The van der Waals surface area contributed by atoms with Gasteiger partial charge in [0.15, 0.2) is 0 Å². The van der Waals surface area contributed by atoms with Gasteiger partial charge < -0.3 is 15.4 Å². The van der Waals surface area contributed by atoms with Crippen molar-refractivity contribution in [3.63, 3.8) is 0 Å². The van der Waals surface area contributed by atoms with Crippen molar-refractivity contribution in [3.8, 4) is 11.1 Å². The Morgan fingerprint density at radius 1 is 0.865 bits per heavy atom. The minimum absolute atomic E-state index is 0.0353. The number of rotatable bonds is 11. The fourth-order valence-electron chi connectivity index (χ4n) is 4.76. The number of amidine groups is 1. The van der Waals surface area contributed by atoms with Crippen molar-refractivity contribution < 1.29 is 14.3 Å². The number of nitrogens with zero attached hydrogens (tertiary/aromatic N) is 1. The van der Waals surface area contributed by atoms with Gasteiger partial charge in [-0.1, -0.05) is 79.6 Å². The summed E-state index contributed by atoms with van der Waals surface area (Å²) in [5.41, 5.74) is 9.83. The summed E-state index contributed by atoms with van der Waals surface area (Å²) in [7, 11) is 0. The first-order valence-electron chi connectivity index (χ1n) is 13.0. The lowest BCUT2D eigenvalue weighted by molar-refractivity contribution is -0.145. The number of hydrogen-bond acceptors (Lipinski definition) is 4. The first-order valence-corrected chi connectivity index (χ1v) is 13.0. The molecule has 3 aromatic rings. The lowest BCUT2D eigenvalue weighted by Gasteiger charge is -2.23. The highest BCUT2D eigenvalue weighted by molar-refractivity contribution is 5.96. The summed E-state index contributed by atoms with van der Waals surface area (Å²) in [5, 5.41) is 7.54. The van der Waals surface area contributed by atoms with Gasteiger partial charge in [0.05, 0.1) is 6.61 Å². The average Bonchev–Trinajstić information content (AvgIpc) is 3.45. The van der Waals surface area contributed by atoms with E-state index in [1.54, 1.807) is 4.90 Å². The number of carbonyl (C=O) groups is 2. The van der Waals surface area contributed by atoms with Gasteiger partial charge in [-0.05, 0) is 54.0 Å². The van der Waals surface area contributed by atoms with Crippen LogP contribution in [0.25, 0.3) is 11.1 Å². The highest BCUT2D eigenvalue weighted by Gasteiger charge is 2.19. The maximum absolute atomic E-state index is 13.5. The molecule has 0 radical (unpaired) electrons. The zero-order chi connectivity index (χ0) is 26.0. The van der Waals surface area contributed by atoms with E-state index < -0.39 is 0 Å². The van der Waals surface area contributed by atoms with E-state index in [1.165, 1.54) is 12.8 Å². The molecule has 0 atom stereocenters. The Morgan fingerprint density at radius 3 is 2.05 bits per heavy atom. The Balaban J connectivity index is 1.39. The molecular formula is C31H35N3O3. The molecule has 1 fully saturated rings. The number of nitrogen functional groups attached to an aromatic ring is 1. The normalized spacial score (nSPS) is 13.3. The van der Waals surface area contributed by atoms with Gasteiger partial charge in [0, 0.05) is 30.6 Å². The Hall–Kier alpha value is -3.93. The van der Waals surface area contributed by atoms with Crippen LogP contribution in [0.15, 0.2) is 78.9 Å². The van der Waals surface area contributed by atoms with Crippen LogP contribution >= 0.6 is 0 Å². The van der Waals surface area contributed by atoms with Crippen molar-refractivity contribution in [2.24, 2.45) is 11.7 Å². The molecule has 6 heteroatoms. The number of ether oxygens (including phenoxy) is 1. The molecule has 1 aliphatic carbocycles. The monoisotopic (exact) mass is 497 g/mol. The number of carbonyl (C=O) groups excluding carboxylic acids is 2. The third kappa shape index (κ3) is 7.53. The Labute approximate surface area is 219 Å². The Morgan fingerprint density at radius 2 is 1.46 bits per heavy atom. The molecule has 1 aliphatic rings. The maximum Gasteiger partial charge on any atom is 0.305 e. The Bertz CT molecular complexity index is 1180. The standard InChI is InChI=1S/C31H35N3O3/c32-30(33)27-16-12-25(13-17-27)26-14-18-28(19-15-26)31(36)34(21-23-7-2-1-3-8-23)20-6-11-29(35)37-22-24-9-4-5-10-24/h1-3,7-8,12-19,24H,4-6,9-11,20-22H2,(H3,32,33). The molecule has 0 saturated heterocycles. The lowest BCUT2D eigenvalue weighted by atomic mass is 10.0. The summed E-state index contributed by atoms with van der Waals surface area (Å²) in [6.45, 7) is 1.47. The molecule has 0 aliphatic heterocycles. The van der Waals surface area contributed by atoms with Gasteiger partial charge in [-0.3, -0.25) is 15.0 Å². The van der Waals surface area contributed by atoms with Crippen LogP contribution in [-0.4, -0.2) is 35.8 Å². The highest BCUT2D eigenvalue weighted by Crippen LogP contribution is 2.25. The van der Waals surface area contributed by atoms with Gasteiger partial charge in [0.2, 0.25) is 0 Å². The van der Waals surface area contributed by atoms with Crippen LogP contribution in [-0.2, 0) is 16.1 Å². The van der Waals surface area contributed by atoms with E-state index in [1.807, 2.05) is 78.9 Å². The zero-order valence-corrected chi connectivity index (χ0v) is 21.2. The number of hydrogen-bond donors (Lipinski definition) is 2. The minimum Gasteiger partial charge on any atom is -0.465 e. The van der Waals surface area contributed by atoms with Crippen LogP contribution in [0.1, 0.15) is 60.0 Å². The van der Waals surface area contributed by atoms with Crippen molar-refractivity contribution in [3.05, 3.63) is 95.6 Å². The van der Waals surface area contributed by atoms with Crippen LogP contribution in [0.3, 0.4) is 0 Å². The number of benzene rings is 3. The predicted molar refractivity (Wildman–Crippen MR) is 146 cm³/mol. The third-order valence-electron chi connectivity index (χ3n) is 6.93. The van der Waals surface area contributed by atoms with E-state index in [4.69, 9.17) is 15.9 Å². The van der Waals surface area contributed by atoms with Crippen LogP contribution in [0, 0.1) is 11.3 Å². The molecule has 6 nitrogen and oxygen atoms in total. The molecule has 192 valence electrons. The van der Waals surface area contributed by atoms with Crippen LogP contribution in [0.2, 0.25) is 0 Å². The highest BCUT2D eigenvalue weighted by atomic mass is 16.5. The quantitative estimate of drug-likeness (QED) is 0.199. The second kappa shape index (κ2) is 12.9. The topological polar surface area (TPSA) is 96.5 Å². The van der Waals surface area contributed by atoms with Gasteiger partial charge in [-0.2, -0.15) is 0 Å². The average molecular weight is 498 g/mol. The molecule has 0 unspecified atom stereocenters. The SMILES string of the molecule is N=C(N)c1ccc(-c2ccc(C(=O)N(CCCC(=O)OCC3CCCC3)Cc3ccccc3)cc2)cc1. The first kappa shape index (κ1) is 26.1. The lowest BCUT2D eigenvalue weighted by Crippen LogP contribution is -2.32. The minimum atomic E-state index is -0.181. The smallest absolute Gasteiger partial charge is 0.305 e. The summed E-state index contributed by atoms with van der Waals surface area (Å²) in [6.07, 6.45) is 5.62. The fourth-order valence-corrected chi connectivity index (χ4v) is 4.76. The van der Waals surface area contributed by atoms with E-state index in [0.717, 1.165) is 29.5 Å². The van der Waals surface area contributed by atoms with Gasteiger partial charge >= 0.3 is 5.97 Å². The molecule has 4 rings (SSSR count). The maximum atomic E-state index is 13.5. The van der Waals surface area contributed by atoms with Crippen molar-refractivity contribution >= 4 is 17.7 Å². The second-order valence-corrected chi connectivity index (χ2v) is 9.72. The Kier molecular flexibility index (Phi) is 9.08. The number of amides is 1. The predicted octanol–water partition coefficient (Wildman–Crippen LogP) is 5.79. The molecule has 1 saturated carbocycles. The molecule has 0 aromatic heterocycles. The first-order chi connectivity index (χ1) is 18.0. The van der Waals surface area contributed by atoms with E-state index in [0.29, 0.717) is 49.6 Å². The summed E-state index contributed by atoms with van der Waals surface area (Å²) in [4.78, 5) is 27.5. The number of esters is 1. The zero-order valence-electron chi connectivity index (χ0n) is 21.2. The molecule has 37 heavy (non-hydrogen) atoms. The van der Waals surface area contributed by atoms with E-state index in [9.17, 15) is 9.59 Å². The van der Waals surface area contributed by atoms with Crippen LogP contribution in [0.5, 0.6) is 0 Å². The van der Waals surface area contributed by atoms with E-state index in [-0.39, 0.29) is 17.7 Å². The molecule has 1 amide bonds. The third-order valence-corrected chi connectivity index (χ3v) is 6.93. The van der Waals surface area contributed by atoms with Crippen molar-refractivity contribution in [1.29, 1.82) is 5.41 Å². The molecule has 3 N–H and O–H groups in total. The second-order valence-electron chi connectivity index (χ2n) is 9.72. The van der Waals surface area contributed by atoms with Gasteiger partial charge in [-0.15, -0.1) is 0 Å². The summed E-state index contributed by atoms with van der Waals surface area (Å²) >= 11 is 0. The molecule has 0 heterocycles. The van der Waals surface area contributed by atoms with Crippen LogP contribution < -0.4 is 5.73 Å². The van der Waals surface area contributed by atoms with Crippen molar-refractivity contribution in [1.82, 2.24) is 4.90 Å². The summed E-state index contributed by atoms with van der Waals surface area (Å²) in [5.74, 6) is 0.295. The fraction of sp³-hybridized carbons (Fsp3) is 0.323. The van der Waals surface area contributed by atoms with Gasteiger partial charge in [0.1, 0.15) is 5.84 Å². The van der Waals surface area contributed by atoms with E-state index in [2.05, 4.69) is 0 Å². The van der Waals surface area contributed by atoms with Gasteiger partial charge in [0.25, 0.3) is 5.91 Å². The number of nitrogens with one attached hydrogen (secondary N) is 1. The van der Waals surface area contributed by atoms with Crippen LogP contribution in [0.4, 0.5) is 0 Å². The largest absolute Gasteiger partial charge is 0.465 e. The van der Waals surface area contributed by atoms with Crippen molar-refractivity contribution in [2.75, 3.05) is 13.2 Å². The van der Waals surface area contributed by atoms with Gasteiger partial charge in [-0.25, -0.2) is 0 Å². The van der Waals surface area contributed by atoms with Crippen molar-refractivity contribution in [2.45, 2.75) is 45.1 Å². The molecular weight excluding hydrogens is 462 g/mol. The molecule has 3 aromatic carbocycles. The molecule has 0 spiro atoms. The van der Waals surface area contributed by atoms with E-state index >= 15 is 0 Å². The molecule has 0 bridgehead atoms. The summed E-state index contributed by atoms with van der Waals surface area (Å²) in [6, 6.07) is 24.9. The summed E-state index contributed by atoms with van der Waals surface area (Å²) < 4.78 is 5.49.